The van der Waals surface area contributed by atoms with E-state index in [0.29, 0.717) is 34.6 Å². The number of hydrogen-bond donors (Lipinski definition) is 1. The SMILES string of the molecule is CC(C)[Si](Sc1ccc(Cl)cc1CCN(C)C(=O)O)(C(C)C)C(C)C. The van der Waals surface area contributed by atoms with Crippen molar-refractivity contribution in [2.45, 2.75) is 69.5 Å². The Labute approximate surface area is 162 Å². The van der Waals surface area contributed by atoms with Gasteiger partial charge in [-0.05, 0) is 46.8 Å². The summed E-state index contributed by atoms with van der Waals surface area (Å²) in [4.78, 5) is 13.7. The molecule has 0 bridgehead atoms. The van der Waals surface area contributed by atoms with Crippen molar-refractivity contribution in [1.29, 1.82) is 0 Å². The van der Waals surface area contributed by atoms with Gasteiger partial charge in [-0.2, -0.15) is 0 Å². The van der Waals surface area contributed by atoms with Crippen molar-refractivity contribution < 1.29 is 9.90 Å². The Morgan fingerprint density at radius 3 is 2.12 bits per heavy atom. The fourth-order valence-electron chi connectivity index (χ4n) is 3.77. The van der Waals surface area contributed by atoms with Crippen LogP contribution in [0.4, 0.5) is 4.79 Å². The quantitative estimate of drug-likeness (QED) is 0.489. The first-order valence-electron chi connectivity index (χ1n) is 8.93. The van der Waals surface area contributed by atoms with Crippen LogP contribution >= 0.6 is 22.8 Å². The topological polar surface area (TPSA) is 40.5 Å². The first-order valence-corrected chi connectivity index (χ1v) is 13.1. The Bertz CT molecular complexity index is 571. The fraction of sp³-hybridized carbons (Fsp3) is 0.632. The van der Waals surface area contributed by atoms with Gasteiger partial charge in [-0.25, -0.2) is 4.79 Å². The lowest BCUT2D eigenvalue weighted by Crippen LogP contribution is -2.41. The zero-order chi connectivity index (χ0) is 19.4. The van der Waals surface area contributed by atoms with Gasteiger partial charge in [0.05, 0.1) is 0 Å². The maximum Gasteiger partial charge on any atom is 0.407 e. The van der Waals surface area contributed by atoms with Gasteiger partial charge in [0, 0.05) is 23.5 Å². The van der Waals surface area contributed by atoms with Gasteiger partial charge in [0.2, 0.25) is 0 Å². The molecule has 0 atom stereocenters. The zero-order valence-electron chi connectivity index (χ0n) is 16.5. The van der Waals surface area contributed by atoms with Crippen molar-refractivity contribution >= 4 is 36.1 Å². The minimum absolute atomic E-state index is 0.475. The van der Waals surface area contributed by atoms with Gasteiger partial charge >= 0.3 is 6.09 Å². The Morgan fingerprint density at radius 2 is 1.68 bits per heavy atom. The average Bonchev–Trinajstić information content (AvgIpc) is 2.50. The summed E-state index contributed by atoms with van der Waals surface area (Å²) in [5.74, 6) is 0. The molecule has 1 rings (SSSR count). The summed E-state index contributed by atoms with van der Waals surface area (Å²) in [6.45, 7) is 14.6. The standard InChI is InChI=1S/C19H32ClNO2SSi/c1-13(2)25(14(3)4,15(5)6)24-18-9-8-17(20)12-16(18)10-11-21(7)19(22)23/h8-9,12-15H,10-11H2,1-7H3,(H,22,23). The molecule has 0 fully saturated rings. The average molecular weight is 402 g/mol. The summed E-state index contributed by atoms with van der Waals surface area (Å²) >= 11 is 8.30. The molecule has 0 saturated heterocycles. The van der Waals surface area contributed by atoms with Crippen LogP contribution in [0.1, 0.15) is 47.1 Å². The Hall–Kier alpha value is -0.653. The van der Waals surface area contributed by atoms with E-state index in [4.69, 9.17) is 16.7 Å². The van der Waals surface area contributed by atoms with Crippen LogP contribution < -0.4 is 0 Å². The smallest absolute Gasteiger partial charge is 0.407 e. The molecule has 0 aliphatic rings. The molecule has 1 amide bonds. The van der Waals surface area contributed by atoms with E-state index in [-0.39, 0.29) is 0 Å². The summed E-state index contributed by atoms with van der Waals surface area (Å²) < 4.78 is 0. The predicted molar refractivity (Wildman–Crippen MR) is 113 cm³/mol. The van der Waals surface area contributed by atoms with Gasteiger partial charge in [-0.1, -0.05) is 53.1 Å². The number of benzene rings is 1. The number of nitrogens with zero attached hydrogens (tertiary/aromatic N) is 1. The van der Waals surface area contributed by atoms with Gasteiger partial charge in [-0.3, -0.25) is 0 Å². The maximum atomic E-state index is 11.1. The van der Waals surface area contributed by atoms with Gasteiger partial charge in [-0.15, -0.1) is 11.2 Å². The second-order valence-electron chi connectivity index (χ2n) is 7.63. The molecule has 1 N–H and O–H groups in total. The molecule has 0 saturated carbocycles. The highest BCUT2D eigenvalue weighted by molar-refractivity contribution is 8.29. The number of halogens is 1. The van der Waals surface area contributed by atoms with E-state index >= 15 is 0 Å². The van der Waals surface area contributed by atoms with Crippen LogP contribution in [0.3, 0.4) is 0 Å². The Kier molecular flexibility index (Phi) is 8.36. The van der Waals surface area contributed by atoms with Crippen LogP contribution in [0.2, 0.25) is 21.6 Å². The summed E-state index contributed by atoms with van der Waals surface area (Å²) in [6, 6.07) is 6.08. The van der Waals surface area contributed by atoms with Crippen LogP contribution in [0.25, 0.3) is 0 Å². The third-order valence-corrected chi connectivity index (χ3v) is 17.6. The summed E-state index contributed by atoms with van der Waals surface area (Å²) in [7, 11) is -0.0453. The zero-order valence-corrected chi connectivity index (χ0v) is 19.0. The molecule has 0 aromatic heterocycles. The van der Waals surface area contributed by atoms with Gasteiger partial charge < -0.3 is 10.0 Å². The molecular formula is C19H32ClNO2SSi. The number of carboxylic acid groups (broad SMARTS) is 1. The lowest BCUT2D eigenvalue weighted by atomic mass is 10.1. The minimum Gasteiger partial charge on any atom is -0.465 e. The molecule has 25 heavy (non-hydrogen) atoms. The first-order chi connectivity index (χ1) is 11.5. The van der Waals surface area contributed by atoms with E-state index < -0.39 is 13.3 Å². The third-order valence-electron chi connectivity index (χ3n) is 5.06. The minimum atomic E-state index is -1.65. The number of rotatable bonds is 8. The largest absolute Gasteiger partial charge is 0.465 e. The fourth-order valence-corrected chi connectivity index (χ4v) is 13.3. The number of carbonyl (C=O) groups is 1. The van der Waals surface area contributed by atoms with Crippen LogP contribution in [0.5, 0.6) is 0 Å². The molecule has 1 aromatic rings. The van der Waals surface area contributed by atoms with Crippen LogP contribution in [-0.4, -0.2) is 36.9 Å². The van der Waals surface area contributed by atoms with Crippen molar-refractivity contribution in [1.82, 2.24) is 4.90 Å². The van der Waals surface area contributed by atoms with E-state index in [1.54, 1.807) is 7.05 Å². The van der Waals surface area contributed by atoms with Gasteiger partial charge in [0.15, 0.2) is 0 Å². The van der Waals surface area contributed by atoms with E-state index in [0.717, 1.165) is 5.56 Å². The van der Waals surface area contributed by atoms with Crippen LogP contribution in [0, 0.1) is 0 Å². The number of amides is 1. The van der Waals surface area contributed by atoms with Crippen LogP contribution in [-0.2, 0) is 6.42 Å². The monoisotopic (exact) mass is 401 g/mol. The lowest BCUT2D eigenvalue weighted by Gasteiger charge is -2.42. The second kappa shape index (κ2) is 9.33. The summed E-state index contributed by atoms with van der Waals surface area (Å²) in [6.07, 6.45) is -0.212. The third kappa shape index (κ3) is 5.41. The molecule has 1 aromatic carbocycles. The predicted octanol–water partition coefficient (Wildman–Crippen LogP) is 6.76. The molecular weight excluding hydrogens is 370 g/mol. The molecule has 0 aliphatic heterocycles. The summed E-state index contributed by atoms with van der Waals surface area (Å²) in [5, 5.41) is 9.80. The highest BCUT2D eigenvalue weighted by atomic mass is 35.5. The number of likely N-dealkylation sites (N-methyl/N-ethyl adjacent to an activating group) is 1. The lowest BCUT2D eigenvalue weighted by molar-refractivity contribution is 0.156. The molecule has 142 valence electrons. The number of hydrogen-bond acceptors (Lipinski definition) is 2. The van der Waals surface area contributed by atoms with Crippen molar-refractivity contribution in [3.8, 4) is 0 Å². The van der Waals surface area contributed by atoms with Gasteiger partial charge in [0.1, 0.15) is 7.22 Å². The normalized spacial score (nSPS) is 12.3. The van der Waals surface area contributed by atoms with E-state index in [2.05, 4.69) is 58.8 Å². The Balaban J connectivity index is 3.20. The molecule has 0 spiro atoms. The second-order valence-corrected chi connectivity index (χ2v) is 16.6. The molecule has 0 heterocycles. The van der Waals surface area contributed by atoms with E-state index in [9.17, 15) is 4.79 Å². The van der Waals surface area contributed by atoms with Crippen molar-refractivity contribution in [3.05, 3.63) is 28.8 Å². The van der Waals surface area contributed by atoms with Crippen molar-refractivity contribution in [2.75, 3.05) is 13.6 Å². The maximum absolute atomic E-state index is 11.1. The molecule has 6 heteroatoms. The molecule has 0 radical (unpaired) electrons. The highest BCUT2D eigenvalue weighted by Crippen LogP contribution is 2.52. The summed E-state index contributed by atoms with van der Waals surface area (Å²) in [5.41, 5.74) is 3.12. The van der Waals surface area contributed by atoms with Crippen molar-refractivity contribution in [2.24, 2.45) is 0 Å². The molecule has 0 unspecified atom stereocenters. The highest BCUT2D eigenvalue weighted by Gasteiger charge is 2.44. The first kappa shape index (κ1) is 22.4. The Morgan fingerprint density at radius 1 is 1.16 bits per heavy atom. The van der Waals surface area contributed by atoms with E-state index in [1.165, 1.54) is 9.80 Å². The molecule has 3 nitrogen and oxygen atoms in total. The van der Waals surface area contributed by atoms with Crippen LogP contribution in [0.15, 0.2) is 23.1 Å². The van der Waals surface area contributed by atoms with E-state index in [1.807, 2.05) is 12.1 Å². The molecule has 0 aliphatic carbocycles. The van der Waals surface area contributed by atoms with Gasteiger partial charge in [0.25, 0.3) is 0 Å². The van der Waals surface area contributed by atoms with Crippen molar-refractivity contribution in [3.63, 3.8) is 0 Å².